The molecule has 112 valence electrons. The van der Waals surface area contributed by atoms with Crippen LogP contribution in [0.5, 0.6) is 0 Å². The van der Waals surface area contributed by atoms with E-state index in [2.05, 4.69) is 33.9 Å². The Morgan fingerprint density at radius 2 is 1.95 bits per heavy atom. The fourth-order valence-corrected chi connectivity index (χ4v) is 3.66. The Morgan fingerprint density at radius 3 is 2.60 bits per heavy atom. The van der Waals surface area contributed by atoms with Crippen LogP contribution in [0.25, 0.3) is 0 Å². The molecule has 5 nitrogen and oxygen atoms in total. The SMILES string of the molecule is CCc1nc(NN)c(C)c(NC2CCCCC2SC)n1. The van der Waals surface area contributed by atoms with E-state index in [0.29, 0.717) is 11.3 Å². The largest absolute Gasteiger partial charge is 0.366 e. The topological polar surface area (TPSA) is 75.9 Å². The van der Waals surface area contributed by atoms with Crippen LogP contribution in [0.3, 0.4) is 0 Å². The fraction of sp³-hybridized carbons (Fsp3) is 0.714. The van der Waals surface area contributed by atoms with Crippen molar-refractivity contribution in [3.63, 3.8) is 0 Å². The molecule has 0 amide bonds. The molecule has 2 rings (SSSR count). The number of aryl methyl sites for hydroxylation is 1. The first kappa shape index (κ1) is 15.4. The first-order chi connectivity index (χ1) is 9.69. The zero-order valence-corrected chi connectivity index (χ0v) is 13.4. The van der Waals surface area contributed by atoms with Crippen LogP contribution in [0.1, 0.15) is 44.0 Å². The van der Waals surface area contributed by atoms with Crippen LogP contribution in [0.2, 0.25) is 0 Å². The summed E-state index contributed by atoms with van der Waals surface area (Å²) >= 11 is 1.95. The van der Waals surface area contributed by atoms with Gasteiger partial charge in [0.1, 0.15) is 17.5 Å². The molecule has 0 aromatic carbocycles. The normalized spacial score (nSPS) is 22.6. The van der Waals surface area contributed by atoms with Crippen molar-refractivity contribution in [1.29, 1.82) is 0 Å². The number of rotatable bonds is 5. The van der Waals surface area contributed by atoms with Crippen LogP contribution >= 0.6 is 11.8 Å². The van der Waals surface area contributed by atoms with E-state index in [-0.39, 0.29) is 0 Å². The Hall–Kier alpha value is -1.01. The second-order valence-corrected chi connectivity index (χ2v) is 6.35. The monoisotopic (exact) mass is 295 g/mol. The quantitative estimate of drug-likeness (QED) is 0.573. The van der Waals surface area contributed by atoms with Gasteiger partial charge in [-0.3, -0.25) is 0 Å². The maximum absolute atomic E-state index is 5.56. The summed E-state index contributed by atoms with van der Waals surface area (Å²) in [4.78, 5) is 9.04. The average Bonchev–Trinajstić information content (AvgIpc) is 2.49. The number of thioether (sulfide) groups is 1. The number of hydrogen-bond acceptors (Lipinski definition) is 6. The van der Waals surface area contributed by atoms with Crippen LogP contribution in [0.4, 0.5) is 11.6 Å². The van der Waals surface area contributed by atoms with Crippen molar-refractivity contribution in [2.45, 2.75) is 57.2 Å². The Balaban J connectivity index is 2.23. The predicted octanol–water partition coefficient (Wildman–Crippen LogP) is 2.72. The average molecular weight is 295 g/mol. The molecular formula is C14H25N5S. The van der Waals surface area contributed by atoms with Gasteiger partial charge in [0, 0.05) is 23.3 Å². The van der Waals surface area contributed by atoms with Gasteiger partial charge < -0.3 is 10.7 Å². The number of nitrogen functional groups attached to an aromatic ring is 1. The molecule has 0 aliphatic heterocycles. The molecule has 2 unspecified atom stereocenters. The Bertz CT molecular complexity index is 451. The van der Waals surface area contributed by atoms with Crippen molar-refractivity contribution >= 4 is 23.4 Å². The lowest BCUT2D eigenvalue weighted by atomic mass is 9.94. The Morgan fingerprint density at radius 1 is 1.25 bits per heavy atom. The highest BCUT2D eigenvalue weighted by Gasteiger charge is 2.25. The van der Waals surface area contributed by atoms with Crippen molar-refractivity contribution in [2.24, 2.45) is 5.84 Å². The van der Waals surface area contributed by atoms with E-state index in [9.17, 15) is 0 Å². The number of anilines is 2. The van der Waals surface area contributed by atoms with E-state index in [1.165, 1.54) is 25.7 Å². The molecule has 20 heavy (non-hydrogen) atoms. The summed E-state index contributed by atoms with van der Waals surface area (Å²) in [6.07, 6.45) is 8.12. The van der Waals surface area contributed by atoms with Crippen LogP contribution < -0.4 is 16.6 Å². The highest BCUT2D eigenvalue weighted by molar-refractivity contribution is 7.99. The van der Waals surface area contributed by atoms with Gasteiger partial charge in [-0.05, 0) is 26.0 Å². The highest BCUT2D eigenvalue weighted by Crippen LogP contribution is 2.30. The highest BCUT2D eigenvalue weighted by atomic mass is 32.2. The van der Waals surface area contributed by atoms with Gasteiger partial charge in [-0.15, -0.1) is 0 Å². The molecule has 1 saturated carbocycles. The number of aromatic nitrogens is 2. The maximum atomic E-state index is 5.56. The molecule has 0 spiro atoms. The minimum Gasteiger partial charge on any atom is -0.366 e. The van der Waals surface area contributed by atoms with Crippen molar-refractivity contribution in [2.75, 3.05) is 17.0 Å². The third kappa shape index (κ3) is 3.35. The molecule has 1 aromatic rings. The van der Waals surface area contributed by atoms with E-state index < -0.39 is 0 Å². The Kier molecular flexibility index (Phi) is 5.48. The third-order valence-corrected chi connectivity index (χ3v) is 5.14. The first-order valence-corrected chi connectivity index (χ1v) is 8.61. The lowest BCUT2D eigenvalue weighted by molar-refractivity contribution is 0.474. The van der Waals surface area contributed by atoms with E-state index in [1.807, 2.05) is 18.7 Å². The van der Waals surface area contributed by atoms with Gasteiger partial charge in [0.2, 0.25) is 0 Å². The molecular weight excluding hydrogens is 270 g/mol. The van der Waals surface area contributed by atoms with Gasteiger partial charge in [0.25, 0.3) is 0 Å². The molecule has 0 radical (unpaired) electrons. The van der Waals surface area contributed by atoms with Gasteiger partial charge in [-0.25, -0.2) is 15.8 Å². The lowest BCUT2D eigenvalue weighted by Gasteiger charge is -2.32. The summed E-state index contributed by atoms with van der Waals surface area (Å²) in [5.41, 5.74) is 3.67. The molecule has 1 fully saturated rings. The van der Waals surface area contributed by atoms with Crippen molar-refractivity contribution in [3.8, 4) is 0 Å². The second-order valence-electron chi connectivity index (χ2n) is 5.27. The summed E-state index contributed by atoms with van der Waals surface area (Å²) < 4.78 is 0. The van der Waals surface area contributed by atoms with Crippen LogP contribution in [0, 0.1) is 6.92 Å². The molecule has 6 heteroatoms. The number of nitrogens with zero attached hydrogens (tertiary/aromatic N) is 2. The fourth-order valence-electron chi connectivity index (χ4n) is 2.72. The molecule has 2 atom stereocenters. The summed E-state index contributed by atoms with van der Waals surface area (Å²) in [6.45, 7) is 4.06. The molecule has 1 aromatic heterocycles. The zero-order valence-electron chi connectivity index (χ0n) is 12.6. The number of hydrogen-bond donors (Lipinski definition) is 3. The molecule has 0 saturated heterocycles. The predicted molar refractivity (Wildman–Crippen MR) is 87.1 cm³/mol. The van der Waals surface area contributed by atoms with E-state index in [1.54, 1.807) is 0 Å². The van der Waals surface area contributed by atoms with Gasteiger partial charge in [-0.2, -0.15) is 11.8 Å². The summed E-state index contributed by atoms with van der Waals surface area (Å²) in [6, 6.07) is 0.489. The first-order valence-electron chi connectivity index (χ1n) is 7.33. The van der Waals surface area contributed by atoms with Crippen molar-refractivity contribution < 1.29 is 0 Å². The number of hydrazine groups is 1. The third-order valence-electron chi connectivity index (χ3n) is 3.97. The summed E-state index contributed by atoms with van der Waals surface area (Å²) in [5, 5.41) is 4.30. The molecule has 1 heterocycles. The smallest absolute Gasteiger partial charge is 0.148 e. The standard InChI is InChI=1S/C14H25N5S/c1-4-12-17-13(9(2)14(18-12)19-15)16-10-7-5-6-8-11(10)20-3/h10-11H,4-8,15H2,1-3H3,(H2,16,17,18,19). The minimum atomic E-state index is 0.489. The van der Waals surface area contributed by atoms with E-state index in [4.69, 9.17) is 5.84 Å². The van der Waals surface area contributed by atoms with E-state index in [0.717, 1.165) is 29.4 Å². The van der Waals surface area contributed by atoms with Crippen molar-refractivity contribution in [3.05, 3.63) is 11.4 Å². The Labute approximate surface area is 125 Å². The molecule has 0 bridgehead atoms. The van der Waals surface area contributed by atoms with Gasteiger partial charge >= 0.3 is 0 Å². The molecule has 4 N–H and O–H groups in total. The lowest BCUT2D eigenvalue weighted by Crippen LogP contribution is -2.35. The zero-order chi connectivity index (χ0) is 14.5. The van der Waals surface area contributed by atoms with Gasteiger partial charge in [0.05, 0.1) is 0 Å². The summed E-state index contributed by atoms with van der Waals surface area (Å²) in [5.74, 6) is 8.02. The van der Waals surface area contributed by atoms with Crippen LogP contribution in [-0.4, -0.2) is 27.5 Å². The second kappa shape index (κ2) is 7.13. The number of nitrogens with one attached hydrogen (secondary N) is 2. The van der Waals surface area contributed by atoms with Crippen LogP contribution in [0.15, 0.2) is 0 Å². The maximum Gasteiger partial charge on any atom is 0.148 e. The molecule has 1 aliphatic rings. The van der Waals surface area contributed by atoms with E-state index >= 15 is 0 Å². The van der Waals surface area contributed by atoms with Gasteiger partial charge in [0.15, 0.2) is 0 Å². The summed E-state index contributed by atoms with van der Waals surface area (Å²) in [7, 11) is 0. The molecule has 1 aliphatic carbocycles. The van der Waals surface area contributed by atoms with Gasteiger partial charge in [-0.1, -0.05) is 19.8 Å². The minimum absolute atomic E-state index is 0.489. The van der Waals surface area contributed by atoms with Crippen molar-refractivity contribution in [1.82, 2.24) is 9.97 Å². The van der Waals surface area contributed by atoms with Crippen LogP contribution in [-0.2, 0) is 6.42 Å². The number of nitrogens with two attached hydrogens (primary N) is 1.